The van der Waals surface area contributed by atoms with E-state index in [2.05, 4.69) is 46.2 Å². The second kappa shape index (κ2) is 4.18. The third kappa shape index (κ3) is 1.67. The fourth-order valence-corrected chi connectivity index (χ4v) is 3.94. The summed E-state index contributed by atoms with van der Waals surface area (Å²) in [6.07, 6.45) is 2.76. The van der Waals surface area contributed by atoms with E-state index in [0.717, 1.165) is 18.5 Å². The number of hydrogen-bond acceptors (Lipinski definition) is 3. The molecule has 1 aliphatic carbocycles. The number of aromatic amines is 2. The SMILES string of the molecule is CN1Cc2c([nH]c(=O)[nH]c2=O)CC12CCc1ccccc12. The number of aryl methyl sites for hydroxylation is 1. The minimum Gasteiger partial charge on any atom is -0.311 e. The molecule has 5 nitrogen and oxygen atoms in total. The first-order valence-corrected chi connectivity index (χ1v) is 7.24. The van der Waals surface area contributed by atoms with Gasteiger partial charge in [0, 0.05) is 18.7 Å². The number of hydrogen-bond donors (Lipinski definition) is 2. The summed E-state index contributed by atoms with van der Waals surface area (Å²) in [7, 11) is 2.07. The van der Waals surface area contributed by atoms with Gasteiger partial charge in [0.05, 0.1) is 11.1 Å². The lowest BCUT2D eigenvalue weighted by atomic mass is 9.81. The van der Waals surface area contributed by atoms with E-state index in [0.29, 0.717) is 18.5 Å². The molecular weight excluding hydrogens is 266 g/mol. The Morgan fingerprint density at radius 2 is 2.00 bits per heavy atom. The highest BCUT2D eigenvalue weighted by atomic mass is 16.2. The van der Waals surface area contributed by atoms with Gasteiger partial charge in [-0.3, -0.25) is 14.7 Å². The molecule has 0 saturated heterocycles. The van der Waals surface area contributed by atoms with Crippen LogP contribution in [0.5, 0.6) is 0 Å². The summed E-state index contributed by atoms with van der Waals surface area (Å²) in [5.41, 5.74) is 3.41. The maximum Gasteiger partial charge on any atom is 0.325 e. The van der Waals surface area contributed by atoms with Gasteiger partial charge in [-0.15, -0.1) is 0 Å². The van der Waals surface area contributed by atoms with Gasteiger partial charge in [0.2, 0.25) is 0 Å². The van der Waals surface area contributed by atoms with Crippen molar-refractivity contribution in [1.29, 1.82) is 0 Å². The Kier molecular flexibility index (Phi) is 2.50. The topological polar surface area (TPSA) is 69.0 Å². The molecule has 2 N–H and O–H groups in total. The van der Waals surface area contributed by atoms with Crippen LogP contribution in [0.1, 0.15) is 28.8 Å². The number of benzene rings is 1. The van der Waals surface area contributed by atoms with Crippen molar-refractivity contribution >= 4 is 0 Å². The number of nitrogens with zero attached hydrogens (tertiary/aromatic N) is 1. The van der Waals surface area contributed by atoms with Crippen molar-refractivity contribution in [2.75, 3.05) is 7.05 Å². The monoisotopic (exact) mass is 283 g/mol. The number of fused-ring (bicyclic) bond motifs is 3. The molecule has 0 radical (unpaired) electrons. The molecule has 1 aromatic heterocycles. The highest BCUT2D eigenvalue weighted by Gasteiger charge is 2.45. The van der Waals surface area contributed by atoms with Crippen LogP contribution < -0.4 is 11.2 Å². The van der Waals surface area contributed by atoms with Crippen molar-refractivity contribution in [1.82, 2.24) is 14.9 Å². The molecule has 0 bridgehead atoms. The van der Waals surface area contributed by atoms with E-state index in [1.165, 1.54) is 11.1 Å². The zero-order valence-electron chi connectivity index (χ0n) is 11.9. The smallest absolute Gasteiger partial charge is 0.311 e. The van der Waals surface area contributed by atoms with Crippen LogP contribution >= 0.6 is 0 Å². The molecule has 2 aromatic rings. The van der Waals surface area contributed by atoms with Crippen LogP contribution in [0.15, 0.2) is 33.9 Å². The van der Waals surface area contributed by atoms with Gasteiger partial charge in [0.25, 0.3) is 5.56 Å². The molecule has 2 aliphatic rings. The van der Waals surface area contributed by atoms with Crippen LogP contribution in [0.4, 0.5) is 0 Å². The molecule has 4 rings (SSSR count). The van der Waals surface area contributed by atoms with E-state index in [-0.39, 0.29) is 11.1 Å². The summed E-state index contributed by atoms with van der Waals surface area (Å²) >= 11 is 0. The predicted molar refractivity (Wildman–Crippen MR) is 79.3 cm³/mol. The molecule has 1 aliphatic heterocycles. The Labute approximate surface area is 121 Å². The first kappa shape index (κ1) is 12.6. The van der Waals surface area contributed by atoms with Crippen LogP contribution in [-0.2, 0) is 24.9 Å². The quantitative estimate of drug-likeness (QED) is 0.754. The molecule has 1 aromatic carbocycles. The van der Waals surface area contributed by atoms with Gasteiger partial charge in [0.15, 0.2) is 0 Å². The summed E-state index contributed by atoms with van der Waals surface area (Å²) in [6, 6.07) is 8.49. The second-order valence-corrected chi connectivity index (χ2v) is 6.09. The van der Waals surface area contributed by atoms with Crippen molar-refractivity contribution in [2.45, 2.75) is 31.3 Å². The normalized spacial score (nSPS) is 24.0. The van der Waals surface area contributed by atoms with Gasteiger partial charge in [0.1, 0.15) is 0 Å². The zero-order valence-corrected chi connectivity index (χ0v) is 11.9. The van der Waals surface area contributed by atoms with E-state index in [4.69, 9.17) is 0 Å². The molecule has 1 spiro atoms. The van der Waals surface area contributed by atoms with E-state index >= 15 is 0 Å². The second-order valence-electron chi connectivity index (χ2n) is 6.09. The fraction of sp³-hybridized carbons (Fsp3) is 0.375. The number of nitrogens with one attached hydrogen (secondary N) is 2. The first-order valence-electron chi connectivity index (χ1n) is 7.24. The number of likely N-dealkylation sites (N-methyl/N-ethyl adjacent to an activating group) is 1. The Balaban J connectivity index is 1.90. The van der Waals surface area contributed by atoms with Crippen molar-refractivity contribution in [3.8, 4) is 0 Å². The van der Waals surface area contributed by atoms with Crippen LogP contribution in [0.25, 0.3) is 0 Å². The Morgan fingerprint density at radius 1 is 1.19 bits per heavy atom. The van der Waals surface area contributed by atoms with Gasteiger partial charge >= 0.3 is 5.69 Å². The van der Waals surface area contributed by atoms with Gasteiger partial charge in [-0.25, -0.2) is 4.79 Å². The number of H-pyrrole nitrogens is 2. The van der Waals surface area contributed by atoms with Crippen LogP contribution in [0, 0.1) is 0 Å². The maximum atomic E-state index is 12.0. The molecule has 0 amide bonds. The molecule has 0 saturated carbocycles. The van der Waals surface area contributed by atoms with Crippen molar-refractivity contribution in [3.63, 3.8) is 0 Å². The third-order valence-electron chi connectivity index (χ3n) is 5.05. The number of aromatic nitrogens is 2. The highest BCUT2D eigenvalue weighted by molar-refractivity contribution is 5.42. The fourth-order valence-electron chi connectivity index (χ4n) is 3.94. The summed E-state index contributed by atoms with van der Waals surface area (Å²) in [6.45, 7) is 0.565. The summed E-state index contributed by atoms with van der Waals surface area (Å²) < 4.78 is 0. The Morgan fingerprint density at radius 3 is 2.86 bits per heavy atom. The Hall–Kier alpha value is -2.14. The van der Waals surface area contributed by atoms with Crippen molar-refractivity contribution in [3.05, 3.63) is 67.5 Å². The lowest BCUT2D eigenvalue weighted by Gasteiger charge is -2.43. The summed E-state index contributed by atoms with van der Waals surface area (Å²) in [4.78, 5) is 31.0. The third-order valence-corrected chi connectivity index (χ3v) is 5.05. The summed E-state index contributed by atoms with van der Waals surface area (Å²) in [5, 5.41) is 0. The van der Waals surface area contributed by atoms with Gasteiger partial charge < -0.3 is 4.98 Å². The molecule has 2 heterocycles. The van der Waals surface area contributed by atoms with E-state index in [9.17, 15) is 9.59 Å². The van der Waals surface area contributed by atoms with E-state index in [1.54, 1.807) is 0 Å². The predicted octanol–water partition coefficient (Wildman–Crippen LogP) is 0.893. The molecule has 1 atom stereocenters. The molecule has 1 unspecified atom stereocenters. The van der Waals surface area contributed by atoms with E-state index < -0.39 is 5.69 Å². The molecule has 5 heteroatoms. The van der Waals surface area contributed by atoms with Gasteiger partial charge in [-0.2, -0.15) is 0 Å². The molecular formula is C16H17N3O2. The van der Waals surface area contributed by atoms with Crippen molar-refractivity contribution in [2.24, 2.45) is 0 Å². The van der Waals surface area contributed by atoms with E-state index in [1.807, 2.05) is 0 Å². The summed E-state index contributed by atoms with van der Waals surface area (Å²) in [5.74, 6) is 0. The van der Waals surface area contributed by atoms with Crippen LogP contribution in [0.2, 0.25) is 0 Å². The van der Waals surface area contributed by atoms with Crippen LogP contribution in [0.3, 0.4) is 0 Å². The molecule has 21 heavy (non-hydrogen) atoms. The minimum atomic E-state index is -0.412. The van der Waals surface area contributed by atoms with Gasteiger partial charge in [-0.05, 0) is 31.0 Å². The largest absolute Gasteiger partial charge is 0.325 e. The average Bonchev–Trinajstić information content (AvgIpc) is 2.82. The Bertz CT molecular complexity index is 836. The van der Waals surface area contributed by atoms with Crippen LogP contribution in [-0.4, -0.2) is 21.9 Å². The lowest BCUT2D eigenvalue weighted by molar-refractivity contribution is 0.0921. The lowest BCUT2D eigenvalue weighted by Crippen LogP contribution is -2.49. The van der Waals surface area contributed by atoms with Crippen molar-refractivity contribution < 1.29 is 0 Å². The molecule has 0 fully saturated rings. The van der Waals surface area contributed by atoms with Gasteiger partial charge in [-0.1, -0.05) is 24.3 Å². The average molecular weight is 283 g/mol. The minimum absolute atomic E-state index is 0.0969. The first-order chi connectivity index (χ1) is 10.1. The maximum absolute atomic E-state index is 12.0. The standard InChI is InChI=1S/C16H17N3O2/c1-19-9-11-13(17-15(21)18-14(11)20)8-16(19)7-6-10-4-2-3-5-12(10)16/h2-5H,6-9H2,1H3,(H2,17,18,20,21). The highest BCUT2D eigenvalue weighted by Crippen LogP contribution is 2.45. The zero-order chi connectivity index (χ0) is 14.6. The number of rotatable bonds is 0. The molecule has 108 valence electrons.